The molecule has 0 aliphatic rings. The second kappa shape index (κ2) is 6.57. The molecule has 0 aromatic heterocycles. The third kappa shape index (κ3) is 4.26. The van der Waals surface area contributed by atoms with Crippen molar-refractivity contribution in [1.29, 1.82) is 0 Å². The van der Waals surface area contributed by atoms with Gasteiger partial charge in [0, 0.05) is 19.3 Å². The average Bonchev–Trinajstić information content (AvgIpc) is 2.26. The Morgan fingerprint density at radius 1 is 1.12 bits per heavy atom. The van der Waals surface area contributed by atoms with Gasteiger partial charge in [-0.1, -0.05) is 39.3 Å². The van der Waals surface area contributed by atoms with E-state index < -0.39 is 0 Å². The molecule has 0 spiro atoms. The Hall–Kier alpha value is -0.980. The van der Waals surface area contributed by atoms with Gasteiger partial charge in [0.25, 0.3) is 0 Å². The Kier molecular flexibility index (Phi) is 5.37. The van der Waals surface area contributed by atoms with E-state index in [0.29, 0.717) is 5.92 Å². The van der Waals surface area contributed by atoms with Crippen molar-refractivity contribution in [1.82, 2.24) is 0 Å². The van der Waals surface area contributed by atoms with E-state index in [1.54, 1.807) is 0 Å². The molecule has 0 N–H and O–H groups in total. The molecule has 16 heavy (non-hydrogen) atoms. The van der Waals surface area contributed by atoms with Crippen molar-refractivity contribution in [3.8, 4) is 0 Å². The zero-order valence-corrected chi connectivity index (χ0v) is 11.2. The van der Waals surface area contributed by atoms with E-state index in [9.17, 15) is 0 Å². The van der Waals surface area contributed by atoms with Crippen molar-refractivity contribution in [3.63, 3.8) is 0 Å². The van der Waals surface area contributed by atoms with E-state index in [-0.39, 0.29) is 0 Å². The molecule has 0 heterocycles. The Bertz CT molecular complexity index is 287. The van der Waals surface area contributed by atoms with Crippen LogP contribution in [0.15, 0.2) is 24.3 Å². The summed E-state index contributed by atoms with van der Waals surface area (Å²) in [5, 5.41) is 0. The molecular weight excluding hydrogens is 194 g/mol. The zero-order valence-electron chi connectivity index (χ0n) is 11.2. The first kappa shape index (κ1) is 13.1. The number of benzene rings is 1. The minimum Gasteiger partial charge on any atom is -0.374 e. The Labute approximate surface area is 100 Å². The van der Waals surface area contributed by atoms with Crippen LogP contribution in [0, 0.1) is 5.92 Å². The summed E-state index contributed by atoms with van der Waals surface area (Å²) in [6, 6.07) is 9.02. The summed E-state index contributed by atoms with van der Waals surface area (Å²) in [6.07, 6.45) is 3.78. The predicted octanol–water partition coefficient (Wildman–Crippen LogP) is 4.12. The molecule has 0 amide bonds. The van der Waals surface area contributed by atoms with Crippen molar-refractivity contribution in [3.05, 3.63) is 29.8 Å². The number of hydrogen-bond acceptors (Lipinski definition) is 1. The molecule has 0 unspecified atom stereocenters. The van der Waals surface area contributed by atoms with E-state index in [4.69, 9.17) is 0 Å². The molecule has 0 atom stereocenters. The van der Waals surface area contributed by atoms with Crippen LogP contribution in [-0.2, 0) is 6.42 Å². The van der Waals surface area contributed by atoms with Crippen LogP contribution in [0.2, 0.25) is 0 Å². The highest BCUT2D eigenvalue weighted by Crippen LogP contribution is 2.16. The second-order valence-electron chi connectivity index (χ2n) is 5.04. The van der Waals surface area contributed by atoms with Crippen LogP contribution < -0.4 is 4.90 Å². The van der Waals surface area contributed by atoms with Gasteiger partial charge in [0.2, 0.25) is 0 Å². The smallest absolute Gasteiger partial charge is 0.0363 e. The summed E-state index contributed by atoms with van der Waals surface area (Å²) in [4.78, 5) is 2.33. The fourth-order valence-corrected chi connectivity index (χ4v) is 1.95. The van der Waals surface area contributed by atoms with E-state index in [1.807, 2.05) is 0 Å². The third-order valence-corrected chi connectivity index (χ3v) is 2.84. The van der Waals surface area contributed by atoms with E-state index in [2.05, 4.69) is 57.0 Å². The normalized spacial score (nSPS) is 10.8. The lowest BCUT2D eigenvalue weighted by Gasteiger charge is -2.21. The molecule has 0 fully saturated rings. The van der Waals surface area contributed by atoms with Gasteiger partial charge in [0.1, 0.15) is 0 Å². The molecule has 0 bridgehead atoms. The summed E-state index contributed by atoms with van der Waals surface area (Å²) in [6.45, 7) is 7.87. The molecular formula is C15H25N. The lowest BCUT2D eigenvalue weighted by molar-refractivity contribution is 0.638. The first-order valence-electron chi connectivity index (χ1n) is 6.43. The summed E-state index contributed by atoms with van der Waals surface area (Å²) < 4.78 is 0. The van der Waals surface area contributed by atoms with Crippen LogP contribution in [0.3, 0.4) is 0 Å². The van der Waals surface area contributed by atoms with Crippen LogP contribution in [-0.4, -0.2) is 13.6 Å². The summed E-state index contributed by atoms with van der Waals surface area (Å²) >= 11 is 0. The fraction of sp³-hybridized carbons (Fsp3) is 0.600. The van der Waals surface area contributed by atoms with Gasteiger partial charge in [0.15, 0.2) is 0 Å². The topological polar surface area (TPSA) is 3.24 Å². The van der Waals surface area contributed by atoms with Crippen molar-refractivity contribution in [2.45, 2.75) is 40.0 Å². The third-order valence-electron chi connectivity index (χ3n) is 2.84. The standard InChI is InChI=1S/C15H25N/c1-5-6-7-14-8-10-15(11-9-14)16(4)12-13(2)3/h8-11,13H,5-7,12H2,1-4H3. The Morgan fingerprint density at radius 2 is 1.75 bits per heavy atom. The Balaban J connectivity index is 2.56. The number of rotatable bonds is 6. The number of aryl methyl sites for hydroxylation is 1. The minimum atomic E-state index is 0.713. The molecule has 0 aliphatic heterocycles. The number of unbranched alkanes of at least 4 members (excludes halogenated alkanes) is 1. The molecule has 1 rings (SSSR count). The van der Waals surface area contributed by atoms with Gasteiger partial charge in [-0.15, -0.1) is 0 Å². The fourth-order valence-electron chi connectivity index (χ4n) is 1.95. The van der Waals surface area contributed by atoms with Crippen LogP contribution >= 0.6 is 0 Å². The first-order valence-corrected chi connectivity index (χ1v) is 6.43. The lowest BCUT2D eigenvalue weighted by atomic mass is 10.1. The van der Waals surface area contributed by atoms with Gasteiger partial charge < -0.3 is 4.90 Å². The summed E-state index contributed by atoms with van der Waals surface area (Å²) in [5.41, 5.74) is 2.79. The van der Waals surface area contributed by atoms with Gasteiger partial charge in [-0.25, -0.2) is 0 Å². The Morgan fingerprint density at radius 3 is 2.25 bits per heavy atom. The van der Waals surface area contributed by atoms with Crippen molar-refractivity contribution in [2.24, 2.45) is 5.92 Å². The van der Waals surface area contributed by atoms with Crippen molar-refractivity contribution >= 4 is 5.69 Å². The van der Waals surface area contributed by atoms with Gasteiger partial charge in [-0.05, 0) is 36.5 Å². The van der Waals surface area contributed by atoms with Crippen LogP contribution in [0.5, 0.6) is 0 Å². The maximum absolute atomic E-state index is 2.33. The molecule has 0 aliphatic carbocycles. The van der Waals surface area contributed by atoms with E-state index >= 15 is 0 Å². The molecule has 1 aromatic rings. The molecule has 0 saturated heterocycles. The highest BCUT2D eigenvalue weighted by Gasteiger charge is 2.02. The lowest BCUT2D eigenvalue weighted by Crippen LogP contribution is -2.22. The van der Waals surface area contributed by atoms with E-state index in [1.165, 1.54) is 30.5 Å². The van der Waals surface area contributed by atoms with Gasteiger partial charge >= 0.3 is 0 Å². The summed E-state index contributed by atoms with van der Waals surface area (Å²) in [5.74, 6) is 0.713. The quantitative estimate of drug-likeness (QED) is 0.695. The van der Waals surface area contributed by atoms with E-state index in [0.717, 1.165) is 6.54 Å². The first-order chi connectivity index (χ1) is 7.63. The SMILES string of the molecule is CCCCc1ccc(N(C)CC(C)C)cc1. The molecule has 0 saturated carbocycles. The monoisotopic (exact) mass is 219 g/mol. The number of anilines is 1. The van der Waals surface area contributed by atoms with Crippen LogP contribution in [0.4, 0.5) is 5.69 Å². The van der Waals surface area contributed by atoms with Crippen LogP contribution in [0.25, 0.3) is 0 Å². The largest absolute Gasteiger partial charge is 0.374 e. The molecule has 90 valence electrons. The highest BCUT2D eigenvalue weighted by atomic mass is 15.1. The molecule has 1 nitrogen and oxygen atoms in total. The predicted molar refractivity (Wildman–Crippen MR) is 73.2 cm³/mol. The number of nitrogens with zero attached hydrogens (tertiary/aromatic N) is 1. The summed E-state index contributed by atoms with van der Waals surface area (Å²) in [7, 11) is 2.17. The molecule has 1 heteroatoms. The van der Waals surface area contributed by atoms with Crippen molar-refractivity contribution in [2.75, 3.05) is 18.5 Å². The average molecular weight is 219 g/mol. The van der Waals surface area contributed by atoms with Crippen LogP contribution in [0.1, 0.15) is 39.2 Å². The van der Waals surface area contributed by atoms with Crippen molar-refractivity contribution < 1.29 is 0 Å². The minimum absolute atomic E-state index is 0.713. The zero-order chi connectivity index (χ0) is 12.0. The maximum Gasteiger partial charge on any atom is 0.0363 e. The van der Waals surface area contributed by atoms with Gasteiger partial charge in [-0.3, -0.25) is 0 Å². The van der Waals surface area contributed by atoms with Gasteiger partial charge in [-0.2, -0.15) is 0 Å². The molecule has 0 radical (unpaired) electrons. The second-order valence-corrected chi connectivity index (χ2v) is 5.04. The van der Waals surface area contributed by atoms with Gasteiger partial charge in [0.05, 0.1) is 0 Å². The molecule has 1 aromatic carbocycles. The maximum atomic E-state index is 2.33. The highest BCUT2D eigenvalue weighted by molar-refractivity contribution is 5.46. The number of hydrogen-bond donors (Lipinski definition) is 0.